The number of carbonyl (C=O) groups is 3. The second-order valence-electron chi connectivity index (χ2n) is 4.57. The van der Waals surface area contributed by atoms with E-state index in [9.17, 15) is 14.4 Å². The highest BCUT2D eigenvalue weighted by Gasteiger charge is 2.21. The van der Waals surface area contributed by atoms with Gasteiger partial charge in [-0.2, -0.15) is 0 Å². The molecule has 1 rings (SSSR count). The minimum Gasteiger partial charge on any atom is -0.369 e. The van der Waals surface area contributed by atoms with Crippen LogP contribution in [0.1, 0.15) is 12.8 Å². The Bertz CT molecular complexity index is 339. The summed E-state index contributed by atoms with van der Waals surface area (Å²) in [6.07, 6.45) is 1.54. The molecular weight excluding hydrogens is 250 g/mol. The zero-order chi connectivity index (χ0) is 14.3. The minimum atomic E-state index is -0.355. The maximum Gasteiger partial charge on any atom is 0.239 e. The van der Waals surface area contributed by atoms with E-state index in [1.54, 1.807) is 0 Å². The van der Waals surface area contributed by atoms with Gasteiger partial charge in [0.05, 0.1) is 19.6 Å². The van der Waals surface area contributed by atoms with Crippen molar-refractivity contribution in [1.29, 1.82) is 0 Å². The van der Waals surface area contributed by atoms with Crippen LogP contribution in [0.4, 0.5) is 0 Å². The standard InChI is InChI=1S/C11H21N5O3/c12-5-10(18)14-6-11(19)15-8-1-3-16(4-2-8)7-9(13)17/h8H,1-7,12H2,(H2,13,17)(H,14,18)(H,15,19). The van der Waals surface area contributed by atoms with Gasteiger partial charge in [0.15, 0.2) is 0 Å². The third-order valence-corrected chi connectivity index (χ3v) is 2.96. The van der Waals surface area contributed by atoms with Gasteiger partial charge in [-0.05, 0) is 12.8 Å². The number of hydrogen-bond donors (Lipinski definition) is 4. The lowest BCUT2D eigenvalue weighted by Gasteiger charge is -2.31. The molecule has 1 heterocycles. The number of piperidine rings is 1. The van der Waals surface area contributed by atoms with Crippen molar-refractivity contribution >= 4 is 17.7 Å². The molecule has 0 spiro atoms. The van der Waals surface area contributed by atoms with Gasteiger partial charge in [-0.15, -0.1) is 0 Å². The van der Waals surface area contributed by atoms with Crippen molar-refractivity contribution in [2.75, 3.05) is 32.7 Å². The molecule has 1 aliphatic heterocycles. The largest absolute Gasteiger partial charge is 0.369 e. The van der Waals surface area contributed by atoms with Crippen molar-refractivity contribution in [3.05, 3.63) is 0 Å². The van der Waals surface area contributed by atoms with Crippen molar-refractivity contribution < 1.29 is 14.4 Å². The van der Waals surface area contributed by atoms with Crippen LogP contribution in [0.3, 0.4) is 0 Å². The van der Waals surface area contributed by atoms with E-state index < -0.39 is 0 Å². The molecule has 6 N–H and O–H groups in total. The Balaban J connectivity index is 2.19. The lowest BCUT2D eigenvalue weighted by Crippen LogP contribution is -2.49. The van der Waals surface area contributed by atoms with E-state index in [2.05, 4.69) is 10.6 Å². The Hall–Kier alpha value is -1.67. The van der Waals surface area contributed by atoms with Gasteiger partial charge in [0.1, 0.15) is 0 Å². The molecule has 0 aliphatic carbocycles. The highest BCUT2D eigenvalue weighted by atomic mass is 16.2. The van der Waals surface area contributed by atoms with Crippen LogP contribution in [0.15, 0.2) is 0 Å². The van der Waals surface area contributed by atoms with E-state index in [4.69, 9.17) is 11.5 Å². The Morgan fingerprint density at radius 3 is 2.32 bits per heavy atom. The number of nitrogens with two attached hydrogens (primary N) is 2. The van der Waals surface area contributed by atoms with Gasteiger partial charge in [0.25, 0.3) is 0 Å². The predicted octanol–water partition coefficient (Wildman–Crippen LogP) is -2.87. The first kappa shape index (κ1) is 15.4. The smallest absolute Gasteiger partial charge is 0.239 e. The van der Waals surface area contributed by atoms with Gasteiger partial charge < -0.3 is 22.1 Å². The summed E-state index contributed by atoms with van der Waals surface area (Å²) in [6, 6.07) is 0.0754. The Kier molecular flexibility index (Phi) is 6.23. The number of amides is 3. The Morgan fingerprint density at radius 2 is 1.79 bits per heavy atom. The molecule has 0 unspecified atom stereocenters. The molecule has 3 amide bonds. The SMILES string of the molecule is NCC(=O)NCC(=O)NC1CCN(CC(N)=O)CC1. The number of rotatable bonds is 6. The van der Waals surface area contributed by atoms with Gasteiger partial charge in [-0.25, -0.2) is 0 Å². The Morgan fingerprint density at radius 1 is 1.16 bits per heavy atom. The zero-order valence-electron chi connectivity index (χ0n) is 10.9. The van der Waals surface area contributed by atoms with Gasteiger partial charge in [0.2, 0.25) is 17.7 Å². The van der Waals surface area contributed by atoms with E-state index in [1.165, 1.54) is 0 Å². The molecular formula is C11H21N5O3. The minimum absolute atomic E-state index is 0.0580. The number of hydrogen-bond acceptors (Lipinski definition) is 5. The third-order valence-electron chi connectivity index (χ3n) is 2.96. The van der Waals surface area contributed by atoms with Crippen LogP contribution in [0.25, 0.3) is 0 Å². The summed E-state index contributed by atoms with van der Waals surface area (Å²) < 4.78 is 0. The monoisotopic (exact) mass is 271 g/mol. The molecule has 1 saturated heterocycles. The maximum atomic E-state index is 11.5. The molecule has 0 atom stereocenters. The second-order valence-corrected chi connectivity index (χ2v) is 4.57. The van der Waals surface area contributed by atoms with Crippen molar-refractivity contribution in [1.82, 2.24) is 15.5 Å². The summed E-state index contributed by atoms with van der Waals surface area (Å²) in [4.78, 5) is 35.1. The fraction of sp³-hybridized carbons (Fsp3) is 0.727. The normalized spacial score (nSPS) is 16.9. The summed E-state index contributed by atoms with van der Waals surface area (Å²) in [5.41, 5.74) is 10.2. The van der Waals surface area contributed by atoms with Crippen LogP contribution >= 0.6 is 0 Å². The molecule has 0 aromatic rings. The number of carbonyl (C=O) groups excluding carboxylic acids is 3. The summed E-state index contributed by atoms with van der Waals surface area (Å²) in [6.45, 7) is 1.52. The molecule has 0 aromatic carbocycles. The quantitative estimate of drug-likeness (QED) is 0.412. The molecule has 19 heavy (non-hydrogen) atoms. The fourth-order valence-electron chi connectivity index (χ4n) is 1.99. The van der Waals surface area contributed by atoms with Gasteiger partial charge in [-0.1, -0.05) is 0 Å². The number of nitrogens with one attached hydrogen (secondary N) is 2. The van der Waals surface area contributed by atoms with Crippen LogP contribution in [-0.4, -0.2) is 61.4 Å². The van der Waals surface area contributed by atoms with Crippen molar-refractivity contribution in [2.24, 2.45) is 11.5 Å². The Labute approximate surface area is 111 Å². The van der Waals surface area contributed by atoms with Gasteiger partial charge >= 0.3 is 0 Å². The maximum absolute atomic E-state index is 11.5. The van der Waals surface area contributed by atoms with E-state index in [0.29, 0.717) is 0 Å². The van der Waals surface area contributed by atoms with Crippen LogP contribution < -0.4 is 22.1 Å². The molecule has 8 nitrogen and oxygen atoms in total. The second kappa shape index (κ2) is 7.70. The number of nitrogens with zero attached hydrogens (tertiary/aromatic N) is 1. The summed E-state index contributed by atoms with van der Waals surface area (Å²) in [7, 11) is 0. The highest BCUT2D eigenvalue weighted by Crippen LogP contribution is 2.09. The van der Waals surface area contributed by atoms with Crippen LogP contribution in [-0.2, 0) is 14.4 Å². The van der Waals surface area contributed by atoms with E-state index >= 15 is 0 Å². The zero-order valence-corrected chi connectivity index (χ0v) is 10.9. The average molecular weight is 271 g/mol. The predicted molar refractivity (Wildman–Crippen MR) is 68.9 cm³/mol. The summed E-state index contributed by atoms with van der Waals surface area (Å²) >= 11 is 0. The fourth-order valence-corrected chi connectivity index (χ4v) is 1.99. The highest BCUT2D eigenvalue weighted by molar-refractivity contribution is 5.85. The van der Waals surface area contributed by atoms with Crippen LogP contribution in [0, 0.1) is 0 Å². The topological polar surface area (TPSA) is 131 Å². The first-order valence-electron chi connectivity index (χ1n) is 6.28. The molecule has 0 radical (unpaired) electrons. The number of primary amides is 1. The molecule has 0 saturated carbocycles. The van der Waals surface area contributed by atoms with E-state index in [-0.39, 0.29) is 43.4 Å². The van der Waals surface area contributed by atoms with Crippen molar-refractivity contribution in [3.8, 4) is 0 Å². The summed E-state index contributed by atoms with van der Waals surface area (Å²) in [5.74, 6) is -0.923. The lowest BCUT2D eigenvalue weighted by atomic mass is 10.1. The molecule has 0 bridgehead atoms. The van der Waals surface area contributed by atoms with E-state index in [1.807, 2.05) is 4.90 Å². The van der Waals surface area contributed by atoms with Crippen LogP contribution in [0.5, 0.6) is 0 Å². The number of likely N-dealkylation sites (tertiary alicyclic amines) is 1. The van der Waals surface area contributed by atoms with E-state index in [0.717, 1.165) is 25.9 Å². The molecule has 1 fully saturated rings. The first-order valence-corrected chi connectivity index (χ1v) is 6.28. The van der Waals surface area contributed by atoms with Crippen LogP contribution in [0.2, 0.25) is 0 Å². The average Bonchev–Trinajstić information content (AvgIpc) is 2.37. The summed E-state index contributed by atoms with van der Waals surface area (Å²) in [5, 5.41) is 5.24. The lowest BCUT2D eigenvalue weighted by molar-refractivity contribution is -0.126. The molecule has 8 heteroatoms. The molecule has 0 aromatic heterocycles. The van der Waals surface area contributed by atoms with Crippen molar-refractivity contribution in [2.45, 2.75) is 18.9 Å². The van der Waals surface area contributed by atoms with Gasteiger partial charge in [-0.3, -0.25) is 19.3 Å². The van der Waals surface area contributed by atoms with Gasteiger partial charge in [0, 0.05) is 19.1 Å². The van der Waals surface area contributed by atoms with Crippen molar-refractivity contribution in [3.63, 3.8) is 0 Å². The first-order chi connectivity index (χ1) is 9.01. The molecule has 108 valence electrons. The third kappa shape index (κ3) is 6.16. The molecule has 1 aliphatic rings.